The van der Waals surface area contributed by atoms with Crippen LogP contribution >= 0.6 is 0 Å². The molecular weight excluding hydrogens is 478 g/mol. The normalized spacial score (nSPS) is 14.8. The number of fused-ring (bicyclic) bond motifs is 3. The Bertz CT molecular complexity index is 1560. The van der Waals surface area contributed by atoms with E-state index < -0.39 is 6.04 Å². The maximum Gasteiger partial charge on any atom is 0.290 e. The Morgan fingerprint density at radius 3 is 2.45 bits per heavy atom. The first-order valence-corrected chi connectivity index (χ1v) is 13.3. The van der Waals surface area contributed by atoms with Crippen LogP contribution in [0.25, 0.3) is 21.8 Å². The topological polar surface area (TPSA) is 80.6 Å². The monoisotopic (exact) mass is 509 g/mol. The number of benzene rings is 2. The number of nitrogens with zero attached hydrogens (tertiary/aromatic N) is 2. The molecule has 0 spiro atoms. The molecule has 194 valence electrons. The second kappa shape index (κ2) is 10.2. The average Bonchev–Trinajstić information content (AvgIpc) is 3.75. The highest BCUT2D eigenvalue weighted by molar-refractivity contribution is 6.08. The van der Waals surface area contributed by atoms with Gasteiger partial charge in [-0.05, 0) is 67.8 Å². The van der Waals surface area contributed by atoms with Gasteiger partial charge in [-0.25, -0.2) is 0 Å². The third-order valence-corrected chi connectivity index (χ3v) is 7.59. The zero-order chi connectivity index (χ0) is 26.1. The van der Waals surface area contributed by atoms with Gasteiger partial charge in [-0.1, -0.05) is 37.1 Å². The molecule has 1 unspecified atom stereocenters. The van der Waals surface area contributed by atoms with Crippen LogP contribution in [0.3, 0.4) is 0 Å². The Kier molecular flexibility index (Phi) is 6.50. The van der Waals surface area contributed by atoms with Crippen molar-refractivity contribution in [2.24, 2.45) is 0 Å². The number of rotatable bonds is 8. The number of carbonyl (C=O) groups is 2. The molecule has 6 rings (SSSR count). The number of amides is 2. The van der Waals surface area contributed by atoms with Gasteiger partial charge in [0.25, 0.3) is 5.91 Å². The molecule has 3 aromatic heterocycles. The number of carbonyl (C=O) groups excluding carboxylic acids is 2. The maximum absolute atomic E-state index is 14.0. The lowest BCUT2D eigenvalue weighted by atomic mass is 10.00. The van der Waals surface area contributed by atoms with Crippen LogP contribution in [0.15, 0.2) is 88.1 Å². The highest BCUT2D eigenvalue weighted by Gasteiger charge is 2.35. The summed E-state index contributed by atoms with van der Waals surface area (Å²) < 4.78 is 13.4. The summed E-state index contributed by atoms with van der Waals surface area (Å²) in [7, 11) is 0. The SMILES string of the molecule is CCn1c2ccccc2c2cc(C(C(=O)NC3CCCC3)N(Cc3ccco3)C(=O)c3ccco3)ccc21. The minimum Gasteiger partial charge on any atom is -0.467 e. The van der Waals surface area contributed by atoms with Crippen LogP contribution in [-0.4, -0.2) is 27.3 Å². The number of hydrogen-bond acceptors (Lipinski definition) is 4. The van der Waals surface area contributed by atoms with Crippen molar-refractivity contribution in [3.63, 3.8) is 0 Å². The molecule has 2 aromatic carbocycles. The van der Waals surface area contributed by atoms with E-state index in [-0.39, 0.29) is 30.2 Å². The molecule has 5 aromatic rings. The molecule has 1 saturated carbocycles. The Morgan fingerprint density at radius 1 is 0.947 bits per heavy atom. The van der Waals surface area contributed by atoms with Crippen LogP contribution in [0.5, 0.6) is 0 Å². The molecule has 0 bridgehead atoms. The molecule has 0 radical (unpaired) electrons. The van der Waals surface area contributed by atoms with Gasteiger partial charge >= 0.3 is 0 Å². The van der Waals surface area contributed by atoms with E-state index >= 15 is 0 Å². The summed E-state index contributed by atoms with van der Waals surface area (Å²) in [5.74, 6) is 0.210. The van der Waals surface area contributed by atoms with Crippen molar-refractivity contribution in [3.05, 3.63) is 96.3 Å². The average molecular weight is 510 g/mol. The molecule has 2 amide bonds. The summed E-state index contributed by atoms with van der Waals surface area (Å²) in [5.41, 5.74) is 2.99. The Morgan fingerprint density at radius 2 is 1.71 bits per heavy atom. The fourth-order valence-electron chi connectivity index (χ4n) is 5.80. The molecule has 0 aliphatic heterocycles. The highest BCUT2D eigenvalue weighted by Crippen LogP contribution is 2.34. The molecule has 7 heteroatoms. The lowest BCUT2D eigenvalue weighted by Crippen LogP contribution is -2.45. The van der Waals surface area contributed by atoms with Crippen molar-refractivity contribution in [1.82, 2.24) is 14.8 Å². The van der Waals surface area contributed by atoms with Crippen LogP contribution in [0, 0.1) is 0 Å². The van der Waals surface area contributed by atoms with E-state index in [4.69, 9.17) is 8.83 Å². The molecule has 7 nitrogen and oxygen atoms in total. The van der Waals surface area contributed by atoms with Crippen LogP contribution < -0.4 is 5.32 Å². The van der Waals surface area contributed by atoms with Crippen LogP contribution in [0.1, 0.15) is 60.5 Å². The van der Waals surface area contributed by atoms with Gasteiger partial charge in [0, 0.05) is 34.4 Å². The van der Waals surface area contributed by atoms with Crippen molar-refractivity contribution in [2.75, 3.05) is 0 Å². The first-order valence-electron chi connectivity index (χ1n) is 13.3. The summed E-state index contributed by atoms with van der Waals surface area (Å²) in [6.45, 7) is 3.09. The molecule has 1 aliphatic carbocycles. The van der Waals surface area contributed by atoms with Crippen molar-refractivity contribution < 1.29 is 18.4 Å². The third-order valence-electron chi connectivity index (χ3n) is 7.59. The van der Waals surface area contributed by atoms with Gasteiger partial charge in [0.2, 0.25) is 5.91 Å². The number of furan rings is 2. The van der Waals surface area contributed by atoms with Crippen molar-refractivity contribution in [3.8, 4) is 0 Å². The minimum atomic E-state index is -0.869. The first-order chi connectivity index (χ1) is 18.6. The predicted octanol–water partition coefficient (Wildman–Crippen LogP) is 6.44. The van der Waals surface area contributed by atoms with E-state index in [9.17, 15) is 9.59 Å². The van der Waals surface area contributed by atoms with Crippen LogP contribution in [-0.2, 0) is 17.9 Å². The highest BCUT2D eigenvalue weighted by atomic mass is 16.3. The van der Waals surface area contributed by atoms with E-state index in [0.29, 0.717) is 5.76 Å². The molecule has 1 atom stereocenters. The van der Waals surface area contributed by atoms with E-state index in [1.807, 2.05) is 24.3 Å². The van der Waals surface area contributed by atoms with Crippen LogP contribution in [0.2, 0.25) is 0 Å². The van der Waals surface area contributed by atoms with Gasteiger partial charge in [0.1, 0.15) is 11.8 Å². The zero-order valence-corrected chi connectivity index (χ0v) is 21.4. The van der Waals surface area contributed by atoms with Crippen molar-refractivity contribution in [2.45, 2.75) is 57.8 Å². The molecule has 3 heterocycles. The first kappa shape index (κ1) is 24.1. The van der Waals surface area contributed by atoms with E-state index in [2.05, 4.69) is 41.1 Å². The number of para-hydroxylation sites is 1. The smallest absolute Gasteiger partial charge is 0.290 e. The molecular formula is C31H31N3O4. The lowest BCUT2D eigenvalue weighted by Gasteiger charge is -2.31. The van der Waals surface area contributed by atoms with Crippen molar-refractivity contribution in [1.29, 1.82) is 0 Å². The molecule has 1 fully saturated rings. The lowest BCUT2D eigenvalue weighted by molar-refractivity contribution is -0.126. The van der Waals surface area contributed by atoms with Gasteiger partial charge in [0.05, 0.1) is 19.1 Å². The van der Waals surface area contributed by atoms with E-state index in [1.54, 1.807) is 29.4 Å². The number of hydrogen-bond donors (Lipinski definition) is 1. The largest absolute Gasteiger partial charge is 0.467 e. The summed E-state index contributed by atoms with van der Waals surface area (Å²) >= 11 is 0. The summed E-state index contributed by atoms with van der Waals surface area (Å²) in [5, 5.41) is 5.42. The number of aromatic nitrogens is 1. The van der Waals surface area contributed by atoms with Crippen molar-refractivity contribution >= 4 is 33.6 Å². The van der Waals surface area contributed by atoms with Gasteiger partial charge in [-0.2, -0.15) is 0 Å². The second-order valence-electron chi connectivity index (χ2n) is 9.92. The summed E-state index contributed by atoms with van der Waals surface area (Å²) in [6, 6.07) is 20.5. The molecule has 0 saturated heterocycles. The standard InChI is InChI=1S/C31H31N3O4/c1-2-33-26-13-6-5-12-24(26)25-19-21(15-16-27(25)33)29(30(35)32-22-9-3-4-10-22)34(20-23-11-7-17-37-23)31(36)28-14-8-18-38-28/h5-8,11-19,22,29H,2-4,9-10,20H2,1H3,(H,32,35). The fraction of sp³-hybridized carbons (Fsp3) is 0.290. The number of nitrogens with one attached hydrogen (secondary N) is 1. The minimum absolute atomic E-state index is 0.111. The second-order valence-corrected chi connectivity index (χ2v) is 9.92. The molecule has 1 N–H and O–H groups in total. The van der Waals surface area contributed by atoms with E-state index in [1.165, 1.54) is 6.26 Å². The van der Waals surface area contributed by atoms with Crippen LogP contribution in [0.4, 0.5) is 0 Å². The quantitative estimate of drug-likeness (QED) is 0.261. The molecule has 38 heavy (non-hydrogen) atoms. The molecule has 1 aliphatic rings. The Labute approximate surface area is 221 Å². The van der Waals surface area contributed by atoms with Gasteiger partial charge in [-0.3, -0.25) is 9.59 Å². The van der Waals surface area contributed by atoms with Gasteiger partial charge < -0.3 is 23.6 Å². The zero-order valence-electron chi connectivity index (χ0n) is 21.4. The maximum atomic E-state index is 14.0. The predicted molar refractivity (Wildman–Crippen MR) is 146 cm³/mol. The third kappa shape index (κ3) is 4.38. The van der Waals surface area contributed by atoms with Gasteiger partial charge in [-0.15, -0.1) is 0 Å². The van der Waals surface area contributed by atoms with E-state index in [0.717, 1.165) is 59.6 Å². The summed E-state index contributed by atoms with van der Waals surface area (Å²) in [4.78, 5) is 29.4. The Hall–Kier alpha value is -4.26. The summed E-state index contributed by atoms with van der Waals surface area (Å²) in [6.07, 6.45) is 7.14. The fourth-order valence-corrected chi connectivity index (χ4v) is 5.80. The Balaban J connectivity index is 1.49. The van der Waals surface area contributed by atoms with Gasteiger partial charge in [0.15, 0.2) is 5.76 Å². The number of aryl methyl sites for hydroxylation is 1.